The van der Waals surface area contributed by atoms with Crippen molar-refractivity contribution in [3.63, 3.8) is 0 Å². The molecule has 1 aromatic heterocycles. The van der Waals surface area contributed by atoms with E-state index in [2.05, 4.69) is 15.5 Å². The van der Waals surface area contributed by atoms with Crippen molar-refractivity contribution in [3.8, 4) is 0 Å². The van der Waals surface area contributed by atoms with E-state index < -0.39 is 55.9 Å². The summed E-state index contributed by atoms with van der Waals surface area (Å²) in [5.41, 5.74) is -3.80. The monoisotopic (exact) mass is 550 g/mol. The van der Waals surface area contributed by atoms with Gasteiger partial charge in [0.2, 0.25) is 0 Å². The average molecular weight is 551 g/mol. The molecule has 1 aliphatic heterocycles. The number of aromatic nitrogens is 4. The molecule has 4 aliphatic rings. The fourth-order valence-electron chi connectivity index (χ4n) is 6.86. The molecule has 1 atom stereocenters. The molecule has 1 N–H and O–H groups in total. The first-order valence-corrected chi connectivity index (χ1v) is 14.3. The van der Waals surface area contributed by atoms with Crippen molar-refractivity contribution in [1.82, 2.24) is 20.2 Å². The van der Waals surface area contributed by atoms with Crippen molar-refractivity contribution in [2.24, 2.45) is 5.41 Å². The molecule has 3 aromatic rings. The SMILES string of the molecule is O=S1(=O)CCC(c2ccc(C34CC(C(F)(F)C(O)(Cn5cnnn5)c5ccc(F)cc5F)(C3)C4)cc2)CC1. The molecule has 4 fully saturated rings. The highest BCUT2D eigenvalue weighted by atomic mass is 32.2. The van der Waals surface area contributed by atoms with Crippen molar-refractivity contribution >= 4 is 9.84 Å². The van der Waals surface area contributed by atoms with E-state index in [0.717, 1.165) is 34.3 Å². The van der Waals surface area contributed by atoms with Gasteiger partial charge >= 0.3 is 0 Å². The van der Waals surface area contributed by atoms with E-state index in [-0.39, 0.29) is 36.7 Å². The first-order valence-electron chi connectivity index (χ1n) is 12.5. The molecule has 12 heteroatoms. The molecule has 0 radical (unpaired) electrons. The normalized spacial score (nSPS) is 28.2. The number of halogens is 4. The van der Waals surface area contributed by atoms with Crippen molar-refractivity contribution in [1.29, 1.82) is 0 Å². The van der Waals surface area contributed by atoms with Crippen LogP contribution in [0.4, 0.5) is 17.6 Å². The minimum absolute atomic E-state index is 0.106. The Balaban J connectivity index is 1.24. The lowest BCUT2D eigenvalue weighted by molar-refractivity contribution is -0.347. The van der Waals surface area contributed by atoms with Crippen LogP contribution in [0.25, 0.3) is 0 Å². The second-order valence-electron chi connectivity index (χ2n) is 11.2. The van der Waals surface area contributed by atoms with Crippen LogP contribution in [0.5, 0.6) is 0 Å². The lowest BCUT2D eigenvalue weighted by Gasteiger charge is -2.74. The maximum absolute atomic E-state index is 16.3. The molecule has 0 spiro atoms. The molecule has 2 bridgehead atoms. The van der Waals surface area contributed by atoms with Gasteiger partial charge in [-0.3, -0.25) is 0 Å². The van der Waals surface area contributed by atoms with Crippen LogP contribution in [0, 0.1) is 17.0 Å². The van der Waals surface area contributed by atoms with Crippen molar-refractivity contribution < 1.29 is 31.1 Å². The summed E-state index contributed by atoms with van der Waals surface area (Å²) in [6, 6.07) is 9.91. The minimum atomic E-state index is -3.78. The lowest BCUT2D eigenvalue weighted by atomic mass is 9.30. The van der Waals surface area contributed by atoms with E-state index in [1.807, 2.05) is 24.3 Å². The fraction of sp³-hybridized carbons (Fsp3) is 0.500. The Morgan fingerprint density at radius 2 is 1.68 bits per heavy atom. The first-order chi connectivity index (χ1) is 17.9. The van der Waals surface area contributed by atoms with Crippen LogP contribution >= 0.6 is 0 Å². The van der Waals surface area contributed by atoms with E-state index in [1.165, 1.54) is 0 Å². The van der Waals surface area contributed by atoms with Crippen LogP contribution in [0.15, 0.2) is 48.8 Å². The maximum Gasteiger partial charge on any atom is 0.287 e. The molecule has 7 rings (SSSR count). The van der Waals surface area contributed by atoms with E-state index in [0.29, 0.717) is 18.9 Å². The number of aliphatic hydroxyl groups is 1. The van der Waals surface area contributed by atoms with Crippen LogP contribution in [0.3, 0.4) is 0 Å². The van der Waals surface area contributed by atoms with Crippen molar-refractivity contribution in [3.05, 3.63) is 77.1 Å². The molecule has 1 saturated heterocycles. The van der Waals surface area contributed by atoms with Gasteiger partial charge in [0.15, 0.2) is 5.60 Å². The Kier molecular flexibility index (Phi) is 5.56. The summed E-state index contributed by atoms with van der Waals surface area (Å²) in [5.74, 6) is -5.50. The molecule has 202 valence electrons. The highest BCUT2D eigenvalue weighted by molar-refractivity contribution is 7.91. The summed E-state index contributed by atoms with van der Waals surface area (Å²) in [6.45, 7) is -0.809. The zero-order chi connectivity index (χ0) is 27.0. The number of hydrogen-bond donors (Lipinski definition) is 1. The minimum Gasteiger partial charge on any atom is -0.377 e. The second-order valence-corrected chi connectivity index (χ2v) is 13.5. The molecule has 3 saturated carbocycles. The third-order valence-electron chi connectivity index (χ3n) is 8.92. The first kappa shape index (κ1) is 25.4. The largest absolute Gasteiger partial charge is 0.377 e. The predicted molar refractivity (Wildman–Crippen MR) is 128 cm³/mol. The van der Waals surface area contributed by atoms with Crippen LogP contribution in [-0.4, -0.2) is 51.2 Å². The predicted octanol–water partition coefficient (Wildman–Crippen LogP) is 3.89. The Hall–Kier alpha value is -2.86. The Labute approximate surface area is 216 Å². The van der Waals surface area contributed by atoms with Gasteiger partial charge in [-0.05, 0) is 77.1 Å². The number of tetrazole rings is 1. The Morgan fingerprint density at radius 3 is 2.26 bits per heavy atom. The average Bonchev–Trinajstić information content (AvgIpc) is 3.30. The van der Waals surface area contributed by atoms with Crippen LogP contribution in [0.2, 0.25) is 0 Å². The van der Waals surface area contributed by atoms with E-state index in [9.17, 15) is 22.3 Å². The Morgan fingerprint density at radius 1 is 1.03 bits per heavy atom. The van der Waals surface area contributed by atoms with Gasteiger partial charge < -0.3 is 5.11 Å². The molecular formula is C26H26F4N4O3S. The van der Waals surface area contributed by atoms with E-state index in [4.69, 9.17) is 0 Å². The molecule has 0 amide bonds. The van der Waals surface area contributed by atoms with Gasteiger partial charge in [0.25, 0.3) is 5.92 Å². The smallest absolute Gasteiger partial charge is 0.287 e. The third-order valence-corrected chi connectivity index (χ3v) is 10.6. The number of sulfone groups is 1. The number of rotatable bonds is 7. The zero-order valence-corrected chi connectivity index (χ0v) is 21.1. The van der Waals surface area contributed by atoms with Crippen molar-refractivity contribution in [2.75, 3.05) is 11.5 Å². The van der Waals surface area contributed by atoms with E-state index >= 15 is 8.78 Å². The molecule has 3 aliphatic carbocycles. The highest BCUT2D eigenvalue weighted by Crippen LogP contribution is 2.80. The topological polar surface area (TPSA) is 98.0 Å². The van der Waals surface area contributed by atoms with Crippen LogP contribution in [-0.2, 0) is 27.4 Å². The molecule has 38 heavy (non-hydrogen) atoms. The van der Waals surface area contributed by atoms with Gasteiger partial charge in [-0.2, -0.15) is 0 Å². The molecular weight excluding hydrogens is 524 g/mol. The summed E-state index contributed by atoms with van der Waals surface area (Å²) < 4.78 is 85.3. The van der Waals surface area contributed by atoms with Crippen LogP contribution in [0.1, 0.15) is 54.7 Å². The summed E-state index contributed by atoms with van der Waals surface area (Å²) in [5, 5.41) is 21.9. The van der Waals surface area contributed by atoms with Crippen LogP contribution < -0.4 is 0 Å². The second kappa shape index (κ2) is 8.32. The van der Waals surface area contributed by atoms with Gasteiger partial charge in [-0.15, -0.1) is 5.10 Å². The maximum atomic E-state index is 16.3. The molecule has 7 nitrogen and oxygen atoms in total. The van der Waals surface area contributed by atoms with Gasteiger partial charge in [-0.1, -0.05) is 24.3 Å². The van der Waals surface area contributed by atoms with Gasteiger partial charge in [0.05, 0.1) is 18.1 Å². The number of nitrogens with zero attached hydrogens (tertiary/aromatic N) is 4. The molecule has 2 heterocycles. The Bertz CT molecular complexity index is 1450. The number of hydrogen-bond acceptors (Lipinski definition) is 6. The van der Waals surface area contributed by atoms with Gasteiger partial charge in [-0.25, -0.2) is 30.7 Å². The number of benzene rings is 2. The van der Waals surface area contributed by atoms with Gasteiger partial charge in [0.1, 0.15) is 27.8 Å². The summed E-state index contributed by atoms with van der Waals surface area (Å²) in [4.78, 5) is 0. The zero-order valence-electron chi connectivity index (χ0n) is 20.3. The summed E-state index contributed by atoms with van der Waals surface area (Å²) in [6.07, 6.45) is 2.51. The van der Waals surface area contributed by atoms with Gasteiger partial charge in [0, 0.05) is 17.0 Å². The molecule has 2 aromatic carbocycles. The lowest BCUT2D eigenvalue weighted by Crippen LogP contribution is -2.76. The standard InChI is InChI=1S/C26H26F4N4O3S/c27-20-5-6-21(22(28)11-20)25(35,15-34-16-31-32-33-34)26(29,30)24-12-23(13-24,14-24)19-3-1-17(2-4-19)18-7-9-38(36,37)10-8-18/h1-6,11,16,18,35H,7-10,12-15H2. The summed E-state index contributed by atoms with van der Waals surface area (Å²) >= 11 is 0. The quantitative estimate of drug-likeness (QED) is 0.449. The number of alkyl halides is 2. The van der Waals surface area contributed by atoms with E-state index in [1.54, 1.807) is 0 Å². The third kappa shape index (κ3) is 3.70. The summed E-state index contributed by atoms with van der Waals surface area (Å²) in [7, 11) is -2.96. The van der Waals surface area contributed by atoms with Crippen molar-refractivity contribution in [2.45, 2.75) is 61.5 Å². The highest BCUT2D eigenvalue weighted by Gasteiger charge is 2.82. The molecule has 1 unspecified atom stereocenters. The fourth-order valence-corrected chi connectivity index (χ4v) is 8.36.